The minimum atomic E-state index is -0.653. The van der Waals surface area contributed by atoms with Crippen LogP contribution in [0.4, 0.5) is 5.69 Å². The third kappa shape index (κ3) is 5.95. The van der Waals surface area contributed by atoms with E-state index in [-0.39, 0.29) is 30.1 Å². The zero-order valence-electron chi connectivity index (χ0n) is 15.8. The molecule has 0 aliphatic carbocycles. The van der Waals surface area contributed by atoms with Crippen molar-refractivity contribution in [3.63, 3.8) is 0 Å². The van der Waals surface area contributed by atoms with Crippen molar-refractivity contribution in [2.75, 3.05) is 12.4 Å². The van der Waals surface area contributed by atoms with Gasteiger partial charge in [-0.3, -0.25) is 14.4 Å². The van der Waals surface area contributed by atoms with Crippen LogP contribution in [-0.2, 0) is 16.0 Å². The van der Waals surface area contributed by atoms with Crippen LogP contribution in [0, 0.1) is 5.92 Å². The third-order valence-electron chi connectivity index (χ3n) is 4.11. The Kier molecular flexibility index (Phi) is 7.11. The number of carbonyl (C=O) groups is 3. The number of amides is 3. The molecule has 0 aromatic heterocycles. The standard InChI is InChI=1S/C21H25N3O3/c1-14(2)19(24-18(25)13-15-7-5-4-6-8-15)21(27)23-17-11-9-16(10-12-17)20(26)22-3/h4-12,14,19H,13H2,1-3H3,(H,22,26)(H,23,27)(H,24,25)/t19-/m0/s1. The summed E-state index contributed by atoms with van der Waals surface area (Å²) in [6, 6.07) is 15.3. The number of anilines is 1. The molecular formula is C21H25N3O3. The van der Waals surface area contributed by atoms with Gasteiger partial charge in [-0.1, -0.05) is 44.2 Å². The Morgan fingerprint density at radius 3 is 2.11 bits per heavy atom. The minimum absolute atomic E-state index is 0.0742. The first-order chi connectivity index (χ1) is 12.9. The normalized spacial score (nSPS) is 11.6. The first kappa shape index (κ1) is 20.2. The van der Waals surface area contributed by atoms with Gasteiger partial charge in [-0.2, -0.15) is 0 Å². The fourth-order valence-corrected chi connectivity index (χ4v) is 2.61. The third-order valence-corrected chi connectivity index (χ3v) is 4.11. The van der Waals surface area contributed by atoms with Gasteiger partial charge in [0.2, 0.25) is 11.8 Å². The summed E-state index contributed by atoms with van der Waals surface area (Å²) in [6.45, 7) is 3.75. The zero-order chi connectivity index (χ0) is 19.8. The summed E-state index contributed by atoms with van der Waals surface area (Å²) >= 11 is 0. The molecule has 6 nitrogen and oxygen atoms in total. The molecule has 0 saturated heterocycles. The maximum absolute atomic E-state index is 12.6. The van der Waals surface area contributed by atoms with Crippen LogP contribution >= 0.6 is 0 Å². The van der Waals surface area contributed by atoms with Crippen LogP contribution < -0.4 is 16.0 Å². The van der Waals surface area contributed by atoms with E-state index < -0.39 is 6.04 Å². The van der Waals surface area contributed by atoms with Crippen molar-refractivity contribution in [3.05, 3.63) is 65.7 Å². The molecule has 0 spiro atoms. The number of rotatable bonds is 7. The Balaban J connectivity index is 1.99. The van der Waals surface area contributed by atoms with Gasteiger partial charge in [0, 0.05) is 18.3 Å². The van der Waals surface area contributed by atoms with Crippen LogP contribution in [0.3, 0.4) is 0 Å². The van der Waals surface area contributed by atoms with Gasteiger partial charge in [0.25, 0.3) is 5.91 Å². The lowest BCUT2D eigenvalue weighted by molar-refractivity contribution is -0.127. The van der Waals surface area contributed by atoms with Crippen LogP contribution in [0.1, 0.15) is 29.8 Å². The second-order valence-electron chi connectivity index (χ2n) is 6.60. The van der Waals surface area contributed by atoms with E-state index in [9.17, 15) is 14.4 Å². The summed E-state index contributed by atoms with van der Waals surface area (Å²) in [7, 11) is 1.56. The molecule has 27 heavy (non-hydrogen) atoms. The van der Waals surface area contributed by atoms with Gasteiger partial charge in [-0.05, 0) is 35.7 Å². The van der Waals surface area contributed by atoms with E-state index in [2.05, 4.69) is 16.0 Å². The quantitative estimate of drug-likeness (QED) is 0.702. The highest BCUT2D eigenvalue weighted by Crippen LogP contribution is 2.12. The van der Waals surface area contributed by atoms with Crippen molar-refractivity contribution in [3.8, 4) is 0 Å². The Hall–Kier alpha value is -3.15. The van der Waals surface area contributed by atoms with Gasteiger partial charge in [-0.15, -0.1) is 0 Å². The molecule has 3 N–H and O–H groups in total. The number of hydrogen-bond acceptors (Lipinski definition) is 3. The van der Waals surface area contributed by atoms with Crippen molar-refractivity contribution < 1.29 is 14.4 Å². The molecule has 2 rings (SSSR count). The summed E-state index contributed by atoms with van der Waals surface area (Å²) < 4.78 is 0. The molecule has 2 aromatic carbocycles. The molecule has 0 radical (unpaired) electrons. The molecule has 0 fully saturated rings. The molecule has 0 unspecified atom stereocenters. The fraction of sp³-hybridized carbons (Fsp3) is 0.286. The number of benzene rings is 2. The molecule has 0 heterocycles. The van der Waals surface area contributed by atoms with Crippen molar-refractivity contribution in [1.82, 2.24) is 10.6 Å². The first-order valence-corrected chi connectivity index (χ1v) is 8.87. The Labute approximate surface area is 159 Å². The lowest BCUT2D eigenvalue weighted by Crippen LogP contribution is -2.47. The number of nitrogens with one attached hydrogen (secondary N) is 3. The molecule has 6 heteroatoms. The summed E-state index contributed by atoms with van der Waals surface area (Å²) in [5.74, 6) is -0.764. The highest BCUT2D eigenvalue weighted by atomic mass is 16.2. The highest BCUT2D eigenvalue weighted by Gasteiger charge is 2.24. The summed E-state index contributed by atoms with van der Waals surface area (Å²) in [4.78, 5) is 36.5. The van der Waals surface area contributed by atoms with Crippen LogP contribution in [-0.4, -0.2) is 30.8 Å². The Morgan fingerprint density at radius 1 is 0.926 bits per heavy atom. The number of carbonyl (C=O) groups excluding carboxylic acids is 3. The highest BCUT2D eigenvalue weighted by molar-refractivity contribution is 5.98. The van der Waals surface area contributed by atoms with Gasteiger partial charge in [0.15, 0.2) is 0 Å². The minimum Gasteiger partial charge on any atom is -0.355 e. The van der Waals surface area contributed by atoms with Crippen LogP contribution in [0.2, 0.25) is 0 Å². The van der Waals surface area contributed by atoms with E-state index in [1.54, 1.807) is 31.3 Å². The molecule has 0 aliphatic rings. The zero-order valence-corrected chi connectivity index (χ0v) is 15.8. The molecular weight excluding hydrogens is 342 g/mol. The predicted octanol–water partition coefficient (Wildman–Crippen LogP) is 2.37. The predicted molar refractivity (Wildman–Crippen MR) is 105 cm³/mol. The van der Waals surface area contributed by atoms with Crippen molar-refractivity contribution in [2.24, 2.45) is 5.92 Å². The van der Waals surface area contributed by atoms with E-state index in [1.165, 1.54) is 0 Å². The first-order valence-electron chi connectivity index (χ1n) is 8.87. The lowest BCUT2D eigenvalue weighted by atomic mass is 10.0. The molecule has 3 amide bonds. The van der Waals surface area contributed by atoms with E-state index >= 15 is 0 Å². The van der Waals surface area contributed by atoms with Crippen LogP contribution in [0.15, 0.2) is 54.6 Å². The van der Waals surface area contributed by atoms with Crippen LogP contribution in [0.5, 0.6) is 0 Å². The number of hydrogen-bond donors (Lipinski definition) is 3. The monoisotopic (exact) mass is 367 g/mol. The SMILES string of the molecule is CNC(=O)c1ccc(NC(=O)[C@@H](NC(=O)Cc2ccccc2)C(C)C)cc1. The summed E-state index contributed by atoms with van der Waals surface area (Å²) in [5, 5.41) is 8.14. The fourth-order valence-electron chi connectivity index (χ4n) is 2.61. The second-order valence-corrected chi connectivity index (χ2v) is 6.60. The molecule has 0 saturated carbocycles. The van der Waals surface area contributed by atoms with Crippen molar-refractivity contribution in [1.29, 1.82) is 0 Å². The summed E-state index contributed by atoms with van der Waals surface area (Å²) in [5.41, 5.74) is 1.96. The van der Waals surface area contributed by atoms with E-state index in [0.717, 1.165) is 5.56 Å². The maximum atomic E-state index is 12.6. The van der Waals surface area contributed by atoms with Gasteiger partial charge in [0.1, 0.15) is 6.04 Å². The van der Waals surface area contributed by atoms with E-state index in [0.29, 0.717) is 11.3 Å². The van der Waals surface area contributed by atoms with Gasteiger partial charge in [0.05, 0.1) is 6.42 Å². The molecule has 0 aliphatic heterocycles. The largest absolute Gasteiger partial charge is 0.355 e. The Morgan fingerprint density at radius 2 is 1.56 bits per heavy atom. The van der Waals surface area contributed by atoms with Gasteiger partial charge >= 0.3 is 0 Å². The summed E-state index contributed by atoms with van der Waals surface area (Å²) in [6.07, 6.45) is 0.220. The van der Waals surface area contributed by atoms with Crippen LogP contribution in [0.25, 0.3) is 0 Å². The van der Waals surface area contributed by atoms with Gasteiger partial charge in [-0.25, -0.2) is 0 Å². The lowest BCUT2D eigenvalue weighted by Gasteiger charge is -2.22. The van der Waals surface area contributed by atoms with Crippen molar-refractivity contribution >= 4 is 23.4 Å². The average molecular weight is 367 g/mol. The van der Waals surface area contributed by atoms with E-state index in [1.807, 2.05) is 44.2 Å². The van der Waals surface area contributed by atoms with Gasteiger partial charge < -0.3 is 16.0 Å². The molecule has 142 valence electrons. The van der Waals surface area contributed by atoms with E-state index in [4.69, 9.17) is 0 Å². The molecule has 2 aromatic rings. The smallest absolute Gasteiger partial charge is 0.251 e. The van der Waals surface area contributed by atoms with Crippen molar-refractivity contribution in [2.45, 2.75) is 26.3 Å². The molecule has 0 bridgehead atoms. The Bertz CT molecular complexity index is 786. The average Bonchev–Trinajstić information content (AvgIpc) is 2.66. The maximum Gasteiger partial charge on any atom is 0.251 e. The molecule has 1 atom stereocenters. The second kappa shape index (κ2) is 9.52. The topological polar surface area (TPSA) is 87.3 Å².